The Morgan fingerprint density at radius 3 is 2.50 bits per heavy atom. The number of piperidine rings is 1. The molecule has 0 aromatic carbocycles. The molecule has 0 unspecified atom stereocenters. The second-order valence-corrected chi connectivity index (χ2v) is 7.67. The standard InChI is InChI=1S/C16H25NO3/c1-11-6-5-9-17(10-11)12(18)16-8-7-15(4,13(19)20-16)14(16,2)3/h11H,5-10H2,1-4H3/t11-,15+,16+/m0/s1. The maximum atomic E-state index is 13.1. The molecule has 3 fully saturated rings. The molecule has 2 saturated heterocycles. The third-order valence-electron chi connectivity index (χ3n) is 6.37. The summed E-state index contributed by atoms with van der Waals surface area (Å²) in [5.41, 5.74) is -1.85. The summed E-state index contributed by atoms with van der Waals surface area (Å²) in [6, 6.07) is 0. The van der Waals surface area contributed by atoms with Crippen LogP contribution in [0.4, 0.5) is 0 Å². The number of esters is 1. The Kier molecular flexibility index (Phi) is 2.77. The normalized spacial score (nSPS) is 42.7. The molecule has 20 heavy (non-hydrogen) atoms. The van der Waals surface area contributed by atoms with Crippen LogP contribution in [0.3, 0.4) is 0 Å². The van der Waals surface area contributed by atoms with Gasteiger partial charge in [0.2, 0.25) is 0 Å². The number of rotatable bonds is 1. The van der Waals surface area contributed by atoms with E-state index in [1.807, 2.05) is 25.7 Å². The van der Waals surface area contributed by atoms with Gasteiger partial charge in [-0.25, -0.2) is 0 Å². The minimum absolute atomic E-state index is 0.0450. The first-order valence-corrected chi connectivity index (χ1v) is 7.77. The van der Waals surface area contributed by atoms with Gasteiger partial charge in [-0.3, -0.25) is 9.59 Å². The van der Waals surface area contributed by atoms with Gasteiger partial charge in [-0.05, 0) is 38.5 Å². The van der Waals surface area contributed by atoms with E-state index in [0.717, 1.165) is 25.9 Å². The Morgan fingerprint density at radius 2 is 2.00 bits per heavy atom. The number of likely N-dealkylation sites (tertiary alicyclic amines) is 1. The first kappa shape index (κ1) is 13.9. The number of carbonyl (C=O) groups excluding carboxylic acids is 2. The van der Waals surface area contributed by atoms with Crippen LogP contribution in [0.2, 0.25) is 0 Å². The van der Waals surface area contributed by atoms with Crippen molar-refractivity contribution in [2.24, 2.45) is 16.7 Å². The van der Waals surface area contributed by atoms with Gasteiger partial charge in [0, 0.05) is 18.5 Å². The van der Waals surface area contributed by atoms with Crippen LogP contribution in [0.1, 0.15) is 53.4 Å². The molecule has 4 heteroatoms. The van der Waals surface area contributed by atoms with Gasteiger partial charge in [0.05, 0.1) is 5.41 Å². The van der Waals surface area contributed by atoms with Gasteiger partial charge in [-0.15, -0.1) is 0 Å². The first-order valence-electron chi connectivity index (χ1n) is 7.77. The van der Waals surface area contributed by atoms with Crippen LogP contribution in [-0.2, 0) is 14.3 Å². The summed E-state index contributed by atoms with van der Waals surface area (Å²) in [5.74, 6) is 0.396. The Labute approximate surface area is 120 Å². The van der Waals surface area contributed by atoms with Gasteiger partial charge in [0.25, 0.3) is 5.91 Å². The molecule has 1 saturated carbocycles. The zero-order valence-electron chi connectivity index (χ0n) is 13.0. The topological polar surface area (TPSA) is 46.6 Å². The molecule has 2 aliphatic heterocycles. The number of amides is 1. The van der Waals surface area contributed by atoms with Crippen molar-refractivity contribution in [3.63, 3.8) is 0 Å². The lowest BCUT2D eigenvalue weighted by Crippen LogP contribution is -2.56. The third-order valence-corrected chi connectivity index (χ3v) is 6.37. The highest BCUT2D eigenvalue weighted by Gasteiger charge is 2.76. The molecule has 0 aromatic rings. The van der Waals surface area contributed by atoms with E-state index < -0.39 is 16.4 Å². The molecule has 0 radical (unpaired) electrons. The zero-order valence-corrected chi connectivity index (χ0v) is 13.0. The summed E-state index contributed by atoms with van der Waals surface area (Å²) >= 11 is 0. The van der Waals surface area contributed by atoms with Crippen molar-refractivity contribution in [3.8, 4) is 0 Å². The molecular weight excluding hydrogens is 254 g/mol. The second kappa shape index (κ2) is 3.99. The zero-order chi connectivity index (χ0) is 14.8. The van der Waals surface area contributed by atoms with Gasteiger partial charge in [-0.2, -0.15) is 0 Å². The number of ether oxygens (including phenoxy) is 1. The summed E-state index contributed by atoms with van der Waals surface area (Å²) in [5, 5.41) is 0. The average Bonchev–Trinajstić information content (AvgIpc) is 2.68. The molecule has 1 amide bonds. The molecule has 0 N–H and O–H groups in total. The molecule has 0 spiro atoms. The Morgan fingerprint density at radius 1 is 1.30 bits per heavy atom. The van der Waals surface area contributed by atoms with Crippen LogP contribution in [0.25, 0.3) is 0 Å². The predicted octanol–water partition coefficient (Wildman–Crippen LogP) is 2.37. The number of hydrogen-bond donors (Lipinski definition) is 0. The third kappa shape index (κ3) is 1.43. The molecule has 112 valence electrons. The highest BCUT2D eigenvalue weighted by atomic mass is 16.6. The fourth-order valence-electron chi connectivity index (χ4n) is 4.35. The van der Waals surface area contributed by atoms with Gasteiger partial charge < -0.3 is 9.64 Å². The summed E-state index contributed by atoms with van der Waals surface area (Å²) < 4.78 is 5.69. The summed E-state index contributed by atoms with van der Waals surface area (Å²) in [6.07, 6.45) is 3.66. The highest BCUT2D eigenvalue weighted by Crippen LogP contribution is 2.66. The van der Waals surface area contributed by atoms with E-state index in [0.29, 0.717) is 12.3 Å². The fraction of sp³-hybridized carbons (Fsp3) is 0.875. The quantitative estimate of drug-likeness (QED) is 0.692. The molecule has 4 nitrogen and oxygen atoms in total. The molecule has 3 rings (SSSR count). The first-order chi connectivity index (χ1) is 9.24. The van der Waals surface area contributed by atoms with Crippen molar-refractivity contribution in [1.29, 1.82) is 0 Å². The van der Waals surface area contributed by atoms with Gasteiger partial charge in [0.1, 0.15) is 0 Å². The maximum Gasteiger partial charge on any atom is 0.313 e. The summed E-state index contributed by atoms with van der Waals surface area (Å²) in [7, 11) is 0. The van der Waals surface area contributed by atoms with Crippen molar-refractivity contribution in [2.75, 3.05) is 13.1 Å². The largest absolute Gasteiger partial charge is 0.448 e. The van der Waals surface area contributed by atoms with Crippen LogP contribution in [-0.4, -0.2) is 35.5 Å². The van der Waals surface area contributed by atoms with E-state index in [2.05, 4.69) is 6.92 Å². The number of fused-ring (bicyclic) bond motifs is 2. The number of hydrogen-bond acceptors (Lipinski definition) is 3. The van der Waals surface area contributed by atoms with Crippen LogP contribution in [0.15, 0.2) is 0 Å². The molecule has 2 heterocycles. The highest BCUT2D eigenvalue weighted by molar-refractivity contribution is 5.96. The van der Waals surface area contributed by atoms with Crippen LogP contribution in [0, 0.1) is 16.7 Å². The summed E-state index contributed by atoms with van der Waals surface area (Å²) in [4.78, 5) is 27.2. The van der Waals surface area contributed by atoms with Crippen molar-refractivity contribution in [1.82, 2.24) is 4.90 Å². The van der Waals surface area contributed by atoms with Gasteiger partial charge >= 0.3 is 5.97 Å². The van der Waals surface area contributed by atoms with Crippen LogP contribution < -0.4 is 0 Å². The summed E-state index contributed by atoms with van der Waals surface area (Å²) in [6.45, 7) is 9.78. The molecule has 1 aliphatic carbocycles. The van der Waals surface area contributed by atoms with Crippen LogP contribution in [0.5, 0.6) is 0 Å². The lowest BCUT2D eigenvalue weighted by atomic mass is 9.66. The van der Waals surface area contributed by atoms with E-state index >= 15 is 0 Å². The van der Waals surface area contributed by atoms with Crippen molar-refractivity contribution in [3.05, 3.63) is 0 Å². The fourth-order valence-corrected chi connectivity index (χ4v) is 4.35. The molecule has 2 bridgehead atoms. The number of carbonyl (C=O) groups is 2. The van der Waals surface area contributed by atoms with Crippen molar-refractivity contribution in [2.45, 2.75) is 59.0 Å². The Balaban J connectivity index is 1.93. The molecule has 0 aromatic heterocycles. The monoisotopic (exact) mass is 279 g/mol. The Bertz CT molecular complexity index is 472. The van der Waals surface area contributed by atoms with E-state index in [9.17, 15) is 9.59 Å². The maximum absolute atomic E-state index is 13.1. The van der Waals surface area contributed by atoms with Crippen molar-refractivity contribution >= 4 is 11.9 Å². The number of nitrogens with zero attached hydrogens (tertiary/aromatic N) is 1. The second-order valence-electron chi connectivity index (χ2n) is 7.67. The van der Waals surface area contributed by atoms with Gasteiger partial charge in [-0.1, -0.05) is 20.8 Å². The minimum atomic E-state index is -0.921. The molecular formula is C16H25NO3. The lowest BCUT2D eigenvalue weighted by molar-refractivity contribution is -0.175. The lowest BCUT2D eigenvalue weighted by Gasteiger charge is -2.41. The smallest absolute Gasteiger partial charge is 0.313 e. The average molecular weight is 279 g/mol. The Hall–Kier alpha value is -1.06. The van der Waals surface area contributed by atoms with E-state index in [1.165, 1.54) is 6.42 Å². The van der Waals surface area contributed by atoms with E-state index in [1.54, 1.807) is 0 Å². The SMILES string of the molecule is C[C@H]1CCCN(C(=O)[C@@]23CC[C@](C)(C(=O)O2)C3(C)C)C1. The van der Waals surface area contributed by atoms with Crippen LogP contribution >= 0.6 is 0 Å². The molecule has 3 atom stereocenters. The van der Waals surface area contributed by atoms with E-state index in [-0.39, 0.29) is 11.9 Å². The van der Waals surface area contributed by atoms with Crippen molar-refractivity contribution < 1.29 is 14.3 Å². The minimum Gasteiger partial charge on any atom is -0.448 e. The predicted molar refractivity (Wildman–Crippen MR) is 74.9 cm³/mol. The van der Waals surface area contributed by atoms with E-state index in [4.69, 9.17) is 4.74 Å². The molecule has 3 aliphatic rings. The van der Waals surface area contributed by atoms with Gasteiger partial charge in [0.15, 0.2) is 5.60 Å².